The van der Waals surface area contributed by atoms with Gasteiger partial charge in [0.15, 0.2) is 0 Å². The van der Waals surface area contributed by atoms with Crippen LogP contribution in [0.4, 0.5) is 0 Å². The molecule has 5 nitrogen and oxygen atoms in total. The molecule has 2 saturated heterocycles. The van der Waals surface area contributed by atoms with E-state index >= 15 is 0 Å². The van der Waals surface area contributed by atoms with Gasteiger partial charge in [0.1, 0.15) is 0 Å². The van der Waals surface area contributed by atoms with Crippen LogP contribution in [0.5, 0.6) is 0 Å². The minimum atomic E-state index is 0. The molecule has 2 unspecified atom stereocenters. The second kappa shape index (κ2) is 11.9. The summed E-state index contributed by atoms with van der Waals surface area (Å²) in [4.78, 5) is 19.6. The van der Waals surface area contributed by atoms with E-state index in [0.717, 1.165) is 52.1 Å². The summed E-state index contributed by atoms with van der Waals surface area (Å²) in [6.07, 6.45) is 3.35. The van der Waals surface area contributed by atoms with Crippen LogP contribution in [0, 0.1) is 0 Å². The Morgan fingerprint density at radius 1 is 1.04 bits per heavy atom. The van der Waals surface area contributed by atoms with Crippen molar-refractivity contribution >= 4 is 30.7 Å². The first-order chi connectivity index (χ1) is 12.1. The zero-order valence-corrected chi connectivity index (χ0v) is 17.9. The Morgan fingerprint density at radius 3 is 2.30 bits per heavy atom. The number of benzene rings is 1. The monoisotopic (exact) mass is 416 g/mol. The maximum atomic E-state index is 12.8. The van der Waals surface area contributed by atoms with Gasteiger partial charge in [-0.25, -0.2) is 0 Å². The van der Waals surface area contributed by atoms with Gasteiger partial charge in [0, 0.05) is 51.4 Å². The molecule has 154 valence electrons. The fraction of sp³-hybridized carbons (Fsp3) is 0.650. The van der Waals surface area contributed by atoms with E-state index in [9.17, 15) is 4.79 Å². The van der Waals surface area contributed by atoms with Crippen LogP contribution >= 0.6 is 24.8 Å². The van der Waals surface area contributed by atoms with Gasteiger partial charge in [-0.15, -0.1) is 24.8 Å². The van der Waals surface area contributed by atoms with Crippen molar-refractivity contribution in [1.29, 1.82) is 0 Å². The second-order valence-electron chi connectivity index (χ2n) is 7.55. The van der Waals surface area contributed by atoms with Gasteiger partial charge in [-0.2, -0.15) is 0 Å². The van der Waals surface area contributed by atoms with Crippen LogP contribution in [0.1, 0.15) is 31.7 Å². The molecule has 2 fully saturated rings. The van der Waals surface area contributed by atoms with E-state index in [1.165, 1.54) is 12.0 Å². The molecule has 0 bridgehead atoms. The summed E-state index contributed by atoms with van der Waals surface area (Å²) in [6.45, 7) is 8.43. The first-order valence-corrected chi connectivity index (χ1v) is 9.67. The van der Waals surface area contributed by atoms with E-state index in [-0.39, 0.29) is 42.8 Å². The molecule has 7 heteroatoms. The quantitative estimate of drug-likeness (QED) is 0.800. The molecule has 1 aromatic carbocycles. The fourth-order valence-electron chi connectivity index (χ4n) is 4.04. The molecular weight excluding hydrogens is 383 g/mol. The number of carbonyl (C=O) groups is 1. The number of hydrogen-bond acceptors (Lipinski definition) is 4. The number of hydrogen-bond donors (Lipinski definition) is 1. The van der Waals surface area contributed by atoms with E-state index in [1.807, 2.05) is 11.8 Å². The maximum Gasteiger partial charge on any atom is 0.237 e. The highest BCUT2D eigenvalue weighted by Crippen LogP contribution is 2.19. The smallest absolute Gasteiger partial charge is 0.237 e. The molecule has 0 aliphatic carbocycles. The van der Waals surface area contributed by atoms with Crippen LogP contribution in [0.25, 0.3) is 0 Å². The Bertz CT molecular complexity index is 550. The van der Waals surface area contributed by atoms with Crippen LogP contribution in [0.2, 0.25) is 0 Å². The van der Waals surface area contributed by atoms with Crippen LogP contribution in [-0.4, -0.2) is 72.0 Å². The van der Waals surface area contributed by atoms with E-state index in [4.69, 9.17) is 5.73 Å². The SMILES string of the molecule is CC(N)C1CCCCN1C(=O)CN1CCN(Cc2ccccc2)CC1.Cl.Cl. The van der Waals surface area contributed by atoms with Crippen molar-refractivity contribution in [3.63, 3.8) is 0 Å². The average Bonchev–Trinajstić information content (AvgIpc) is 2.64. The summed E-state index contributed by atoms with van der Waals surface area (Å²) >= 11 is 0. The molecule has 0 aromatic heterocycles. The number of likely N-dealkylation sites (tertiary alicyclic amines) is 1. The average molecular weight is 417 g/mol. The topological polar surface area (TPSA) is 52.8 Å². The fourth-order valence-corrected chi connectivity index (χ4v) is 4.04. The van der Waals surface area contributed by atoms with Gasteiger partial charge >= 0.3 is 0 Å². The molecule has 2 N–H and O–H groups in total. The van der Waals surface area contributed by atoms with Gasteiger partial charge in [-0.05, 0) is 31.7 Å². The molecule has 27 heavy (non-hydrogen) atoms. The third-order valence-corrected chi connectivity index (χ3v) is 5.55. The predicted octanol–water partition coefficient (Wildman–Crippen LogP) is 2.38. The Hall–Kier alpha value is -0.850. The number of piperazine rings is 1. The highest BCUT2D eigenvalue weighted by molar-refractivity contribution is 5.85. The van der Waals surface area contributed by atoms with E-state index in [1.54, 1.807) is 0 Å². The molecule has 1 aromatic rings. The Labute approximate surface area is 176 Å². The molecule has 0 spiro atoms. The maximum absolute atomic E-state index is 12.8. The number of halogens is 2. The molecule has 0 saturated carbocycles. The first kappa shape index (κ1) is 24.2. The van der Waals surface area contributed by atoms with Crippen molar-refractivity contribution < 1.29 is 4.79 Å². The lowest BCUT2D eigenvalue weighted by molar-refractivity contribution is -0.137. The Kier molecular flexibility index (Phi) is 10.6. The minimum absolute atomic E-state index is 0. The van der Waals surface area contributed by atoms with Crippen LogP contribution in [0.3, 0.4) is 0 Å². The highest BCUT2D eigenvalue weighted by atomic mass is 35.5. The molecule has 1 amide bonds. The van der Waals surface area contributed by atoms with Gasteiger partial charge in [-0.1, -0.05) is 30.3 Å². The summed E-state index contributed by atoms with van der Waals surface area (Å²) < 4.78 is 0. The van der Waals surface area contributed by atoms with Crippen molar-refractivity contribution in [2.24, 2.45) is 5.73 Å². The number of piperidine rings is 1. The second-order valence-corrected chi connectivity index (χ2v) is 7.55. The van der Waals surface area contributed by atoms with Gasteiger partial charge in [0.05, 0.1) is 6.54 Å². The number of nitrogens with zero attached hydrogens (tertiary/aromatic N) is 3. The number of nitrogens with two attached hydrogens (primary N) is 1. The van der Waals surface area contributed by atoms with Crippen LogP contribution in [0.15, 0.2) is 30.3 Å². The Morgan fingerprint density at radius 2 is 1.67 bits per heavy atom. The van der Waals surface area contributed by atoms with Gasteiger partial charge in [0.2, 0.25) is 5.91 Å². The zero-order valence-electron chi connectivity index (χ0n) is 16.3. The van der Waals surface area contributed by atoms with Gasteiger partial charge in [0.25, 0.3) is 0 Å². The molecule has 0 radical (unpaired) electrons. The molecule has 2 aliphatic heterocycles. The summed E-state index contributed by atoms with van der Waals surface area (Å²) in [5.74, 6) is 0.263. The van der Waals surface area contributed by atoms with Crippen LogP contribution in [-0.2, 0) is 11.3 Å². The largest absolute Gasteiger partial charge is 0.337 e. The van der Waals surface area contributed by atoms with Crippen LogP contribution < -0.4 is 5.73 Å². The minimum Gasteiger partial charge on any atom is -0.337 e. The normalized spacial score (nSPS) is 22.4. The van der Waals surface area contributed by atoms with E-state index in [2.05, 4.69) is 40.1 Å². The lowest BCUT2D eigenvalue weighted by Gasteiger charge is -2.40. The molecule has 2 aliphatic rings. The lowest BCUT2D eigenvalue weighted by Crippen LogP contribution is -2.55. The van der Waals surface area contributed by atoms with E-state index < -0.39 is 0 Å². The molecular formula is C20H34Cl2N4O. The summed E-state index contributed by atoms with van der Waals surface area (Å²) in [5, 5.41) is 0. The molecule has 2 atom stereocenters. The van der Waals surface area contributed by atoms with Crippen molar-refractivity contribution in [1.82, 2.24) is 14.7 Å². The van der Waals surface area contributed by atoms with Gasteiger partial charge in [-0.3, -0.25) is 14.6 Å². The summed E-state index contributed by atoms with van der Waals surface area (Å²) in [7, 11) is 0. The van der Waals surface area contributed by atoms with Crippen molar-refractivity contribution in [2.45, 2.75) is 44.8 Å². The predicted molar refractivity (Wildman–Crippen MR) is 116 cm³/mol. The number of rotatable bonds is 5. The van der Waals surface area contributed by atoms with E-state index in [0.29, 0.717) is 6.54 Å². The molecule has 3 rings (SSSR count). The number of carbonyl (C=O) groups excluding carboxylic acids is 1. The highest BCUT2D eigenvalue weighted by Gasteiger charge is 2.30. The summed E-state index contributed by atoms with van der Waals surface area (Å²) in [5.41, 5.74) is 7.47. The zero-order chi connectivity index (χ0) is 17.6. The number of amides is 1. The Balaban J connectivity index is 0.00000182. The first-order valence-electron chi connectivity index (χ1n) is 9.67. The lowest BCUT2D eigenvalue weighted by atomic mass is 9.97. The van der Waals surface area contributed by atoms with Crippen molar-refractivity contribution in [3.05, 3.63) is 35.9 Å². The van der Waals surface area contributed by atoms with Crippen molar-refractivity contribution in [2.75, 3.05) is 39.3 Å². The summed E-state index contributed by atoms with van der Waals surface area (Å²) in [6, 6.07) is 10.9. The third kappa shape index (κ3) is 6.91. The standard InChI is InChI=1S/C20H32N4O.2ClH/c1-17(21)19-9-5-6-10-24(19)20(25)16-23-13-11-22(12-14-23)15-18-7-3-2-4-8-18;;/h2-4,7-8,17,19H,5-6,9-16,21H2,1H3;2*1H. The third-order valence-electron chi connectivity index (χ3n) is 5.55. The van der Waals surface area contributed by atoms with Crippen molar-refractivity contribution in [3.8, 4) is 0 Å². The van der Waals surface area contributed by atoms with Gasteiger partial charge < -0.3 is 10.6 Å². The molecule has 2 heterocycles.